The molecule has 108 valence electrons. The zero-order valence-electron chi connectivity index (χ0n) is 12.0. The molecule has 2 rings (SSSR count). The van der Waals surface area contributed by atoms with Crippen LogP contribution in [-0.4, -0.2) is 22.0 Å². The van der Waals surface area contributed by atoms with Gasteiger partial charge in [-0.1, -0.05) is 6.92 Å². The zero-order chi connectivity index (χ0) is 14.9. The van der Waals surface area contributed by atoms with Crippen LogP contribution in [0.5, 0.6) is 0 Å². The summed E-state index contributed by atoms with van der Waals surface area (Å²) in [5, 5.41) is 12.0. The second-order valence-electron chi connectivity index (χ2n) is 5.70. The van der Waals surface area contributed by atoms with E-state index in [1.54, 1.807) is 0 Å². The molecule has 0 radical (unpaired) electrons. The van der Waals surface area contributed by atoms with E-state index in [1.165, 1.54) is 0 Å². The topological polar surface area (TPSA) is 79.3 Å². The predicted molar refractivity (Wildman–Crippen MR) is 75.4 cm³/mol. The molecule has 20 heavy (non-hydrogen) atoms. The Morgan fingerprint density at radius 1 is 1.25 bits per heavy atom. The fourth-order valence-electron chi connectivity index (χ4n) is 2.90. The summed E-state index contributed by atoms with van der Waals surface area (Å²) in [6.07, 6.45) is 1.19. The second-order valence-corrected chi connectivity index (χ2v) is 5.70. The molecule has 5 nitrogen and oxygen atoms in total. The van der Waals surface area contributed by atoms with E-state index in [1.807, 2.05) is 32.9 Å². The van der Waals surface area contributed by atoms with Crippen molar-refractivity contribution in [3.05, 3.63) is 23.5 Å². The van der Waals surface area contributed by atoms with Crippen LogP contribution in [0.4, 0.5) is 5.69 Å². The molecule has 1 fully saturated rings. The molecule has 1 unspecified atom stereocenters. The third-order valence-corrected chi connectivity index (χ3v) is 3.94. The summed E-state index contributed by atoms with van der Waals surface area (Å²) in [5.41, 5.74) is 2.29. The van der Waals surface area contributed by atoms with Crippen LogP contribution >= 0.6 is 0 Å². The Labute approximate surface area is 118 Å². The average molecular weight is 276 g/mol. The number of amides is 1. The first-order valence-corrected chi connectivity index (χ1v) is 6.86. The Morgan fingerprint density at radius 2 is 1.90 bits per heavy atom. The number of aliphatic carboxylic acids is 1. The largest absolute Gasteiger partial charge is 0.481 e. The van der Waals surface area contributed by atoms with Gasteiger partial charge in [-0.25, -0.2) is 0 Å². The van der Waals surface area contributed by atoms with Gasteiger partial charge in [0.15, 0.2) is 0 Å². The lowest BCUT2D eigenvalue weighted by Gasteiger charge is -2.16. The van der Waals surface area contributed by atoms with Gasteiger partial charge in [-0.3, -0.25) is 14.6 Å². The highest BCUT2D eigenvalue weighted by atomic mass is 16.4. The number of carbonyl (C=O) groups is 2. The van der Waals surface area contributed by atoms with Gasteiger partial charge in [0.2, 0.25) is 5.91 Å². The molecule has 1 saturated carbocycles. The highest BCUT2D eigenvalue weighted by Crippen LogP contribution is 2.37. The Morgan fingerprint density at radius 3 is 2.50 bits per heavy atom. The number of hydrogen-bond acceptors (Lipinski definition) is 3. The van der Waals surface area contributed by atoms with Gasteiger partial charge in [-0.05, 0) is 44.7 Å². The van der Waals surface area contributed by atoms with E-state index in [0.717, 1.165) is 11.4 Å². The molecule has 1 aliphatic carbocycles. The number of nitrogens with zero attached hydrogens (tertiary/aromatic N) is 1. The fraction of sp³-hybridized carbons (Fsp3) is 0.533. The first kappa shape index (κ1) is 14.5. The van der Waals surface area contributed by atoms with Gasteiger partial charge in [-0.15, -0.1) is 0 Å². The van der Waals surface area contributed by atoms with Gasteiger partial charge in [0.25, 0.3) is 0 Å². The highest BCUT2D eigenvalue weighted by molar-refractivity contribution is 5.95. The van der Waals surface area contributed by atoms with E-state index >= 15 is 0 Å². The summed E-state index contributed by atoms with van der Waals surface area (Å²) in [6, 6.07) is 3.64. The molecule has 1 aliphatic rings. The molecule has 2 N–H and O–H groups in total. The normalized spacial score (nSPS) is 25.4. The Bertz CT molecular complexity index is 542. The van der Waals surface area contributed by atoms with E-state index in [2.05, 4.69) is 10.3 Å². The van der Waals surface area contributed by atoms with Crippen molar-refractivity contribution in [3.63, 3.8) is 0 Å². The highest BCUT2D eigenvalue weighted by Gasteiger charge is 2.41. The van der Waals surface area contributed by atoms with Gasteiger partial charge >= 0.3 is 5.97 Å². The van der Waals surface area contributed by atoms with Crippen LogP contribution in [0, 0.1) is 31.6 Å². The summed E-state index contributed by atoms with van der Waals surface area (Å²) in [7, 11) is 0. The standard InChI is InChI=1S/C15H20N2O3/c1-8-6-11(12(7-8)15(19)20)14(18)17-13-5-4-9(2)16-10(13)3/h4-5,8,11-12H,6-7H2,1-3H3,(H,17,18)(H,19,20)/t8?,11-,12+/m0/s1. The van der Waals surface area contributed by atoms with Crippen molar-refractivity contribution in [2.75, 3.05) is 5.32 Å². The van der Waals surface area contributed by atoms with Gasteiger partial charge in [0.1, 0.15) is 0 Å². The Balaban J connectivity index is 2.13. The first-order valence-electron chi connectivity index (χ1n) is 6.86. The molecule has 1 amide bonds. The smallest absolute Gasteiger partial charge is 0.307 e. The average Bonchev–Trinajstić information content (AvgIpc) is 2.75. The first-order chi connectivity index (χ1) is 9.38. The molecule has 3 atom stereocenters. The molecule has 1 heterocycles. The summed E-state index contributed by atoms with van der Waals surface area (Å²) in [4.78, 5) is 27.8. The van der Waals surface area contributed by atoms with Crippen molar-refractivity contribution in [2.24, 2.45) is 17.8 Å². The van der Waals surface area contributed by atoms with Crippen LogP contribution in [0.1, 0.15) is 31.2 Å². The van der Waals surface area contributed by atoms with Crippen LogP contribution in [0.3, 0.4) is 0 Å². The maximum atomic E-state index is 12.3. The van der Waals surface area contributed by atoms with E-state index in [0.29, 0.717) is 18.5 Å². The molecule has 1 aromatic heterocycles. The zero-order valence-corrected chi connectivity index (χ0v) is 12.0. The number of rotatable bonds is 3. The molecule has 5 heteroatoms. The van der Waals surface area contributed by atoms with Crippen molar-refractivity contribution < 1.29 is 14.7 Å². The number of carboxylic acid groups (broad SMARTS) is 1. The molecule has 0 aromatic carbocycles. The van der Waals surface area contributed by atoms with Crippen molar-refractivity contribution in [2.45, 2.75) is 33.6 Å². The van der Waals surface area contributed by atoms with Gasteiger partial charge in [0, 0.05) is 5.69 Å². The second kappa shape index (κ2) is 5.61. The number of aryl methyl sites for hydroxylation is 2. The van der Waals surface area contributed by atoms with E-state index in [-0.39, 0.29) is 11.8 Å². The molecule has 1 aromatic rings. The molecule has 0 spiro atoms. The molecular formula is C15H20N2O3. The number of carboxylic acids is 1. The van der Waals surface area contributed by atoms with Crippen LogP contribution in [0.2, 0.25) is 0 Å². The van der Waals surface area contributed by atoms with Gasteiger partial charge in [0.05, 0.1) is 23.2 Å². The minimum absolute atomic E-state index is 0.212. The minimum Gasteiger partial charge on any atom is -0.481 e. The summed E-state index contributed by atoms with van der Waals surface area (Å²) >= 11 is 0. The quantitative estimate of drug-likeness (QED) is 0.888. The van der Waals surface area contributed by atoms with Crippen molar-refractivity contribution in [1.29, 1.82) is 0 Å². The SMILES string of the molecule is Cc1ccc(NC(=O)[C@H]2CC(C)C[C@H]2C(=O)O)c(C)n1. The monoisotopic (exact) mass is 276 g/mol. The number of nitrogens with one attached hydrogen (secondary N) is 1. The van der Waals surface area contributed by atoms with Crippen molar-refractivity contribution >= 4 is 17.6 Å². The number of anilines is 1. The summed E-state index contributed by atoms with van der Waals surface area (Å²) < 4.78 is 0. The molecular weight excluding hydrogens is 256 g/mol. The van der Waals surface area contributed by atoms with E-state index in [4.69, 9.17) is 0 Å². The Hall–Kier alpha value is -1.91. The van der Waals surface area contributed by atoms with Gasteiger partial charge in [-0.2, -0.15) is 0 Å². The third-order valence-electron chi connectivity index (χ3n) is 3.94. The van der Waals surface area contributed by atoms with Crippen LogP contribution in [0.25, 0.3) is 0 Å². The maximum Gasteiger partial charge on any atom is 0.307 e. The third kappa shape index (κ3) is 2.98. The molecule has 0 aliphatic heterocycles. The van der Waals surface area contributed by atoms with Crippen LogP contribution in [0.15, 0.2) is 12.1 Å². The van der Waals surface area contributed by atoms with Crippen LogP contribution < -0.4 is 5.32 Å². The van der Waals surface area contributed by atoms with E-state index < -0.39 is 17.8 Å². The summed E-state index contributed by atoms with van der Waals surface area (Å²) in [6.45, 7) is 5.70. The lowest BCUT2D eigenvalue weighted by atomic mass is 9.95. The number of aromatic nitrogens is 1. The number of carbonyl (C=O) groups excluding carboxylic acids is 1. The molecule has 0 saturated heterocycles. The van der Waals surface area contributed by atoms with Crippen LogP contribution in [-0.2, 0) is 9.59 Å². The number of hydrogen-bond donors (Lipinski definition) is 2. The Kier molecular flexibility index (Phi) is 4.06. The summed E-state index contributed by atoms with van der Waals surface area (Å²) in [5.74, 6) is -1.86. The maximum absolute atomic E-state index is 12.3. The lowest BCUT2D eigenvalue weighted by Crippen LogP contribution is -2.30. The van der Waals surface area contributed by atoms with E-state index in [9.17, 15) is 14.7 Å². The minimum atomic E-state index is -0.881. The van der Waals surface area contributed by atoms with Gasteiger partial charge < -0.3 is 10.4 Å². The van der Waals surface area contributed by atoms with Crippen molar-refractivity contribution in [1.82, 2.24) is 4.98 Å². The number of pyridine rings is 1. The molecule has 0 bridgehead atoms. The lowest BCUT2D eigenvalue weighted by molar-refractivity contribution is -0.145. The fourth-order valence-corrected chi connectivity index (χ4v) is 2.90. The predicted octanol–water partition coefficient (Wildman–Crippen LogP) is 2.38. The van der Waals surface area contributed by atoms with Crippen molar-refractivity contribution in [3.8, 4) is 0 Å².